The molecule has 0 fully saturated rings. The van der Waals surface area contributed by atoms with Gasteiger partial charge in [0.25, 0.3) is 0 Å². The molecule has 1 N–H and O–H groups in total. The van der Waals surface area contributed by atoms with Gasteiger partial charge in [0, 0.05) is 11.5 Å². The van der Waals surface area contributed by atoms with E-state index in [0.717, 1.165) is 6.42 Å². The zero-order valence-corrected chi connectivity index (χ0v) is 10.5. The van der Waals surface area contributed by atoms with Crippen LogP contribution < -0.4 is 4.74 Å². The standard InChI is InChI=1S/C16H15FO2/c17-14-5-6-16(12(8-14)9-18)19-10-13-7-11-3-1-2-4-15(11)13/h1-6,8,13,18H,7,9-10H2. The summed E-state index contributed by atoms with van der Waals surface area (Å²) < 4.78 is 18.8. The van der Waals surface area contributed by atoms with Crippen molar-refractivity contribution in [1.29, 1.82) is 0 Å². The highest BCUT2D eigenvalue weighted by molar-refractivity contribution is 5.40. The topological polar surface area (TPSA) is 29.5 Å². The summed E-state index contributed by atoms with van der Waals surface area (Å²) in [6.07, 6.45) is 1.02. The third-order valence-electron chi connectivity index (χ3n) is 3.59. The second kappa shape index (κ2) is 5.02. The van der Waals surface area contributed by atoms with E-state index < -0.39 is 0 Å². The van der Waals surface area contributed by atoms with Gasteiger partial charge in [-0.2, -0.15) is 0 Å². The first-order valence-corrected chi connectivity index (χ1v) is 6.38. The van der Waals surface area contributed by atoms with Crippen LogP contribution in [0.2, 0.25) is 0 Å². The summed E-state index contributed by atoms with van der Waals surface area (Å²) in [6.45, 7) is 0.351. The number of hydrogen-bond donors (Lipinski definition) is 1. The van der Waals surface area contributed by atoms with Crippen molar-refractivity contribution in [2.75, 3.05) is 6.61 Å². The number of aliphatic hydroxyl groups excluding tert-OH is 1. The van der Waals surface area contributed by atoms with Crippen LogP contribution in [0.4, 0.5) is 4.39 Å². The van der Waals surface area contributed by atoms with Crippen LogP contribution in [0.1, 0.15) is 22.6 Å². The Balaban J connectivity index is 1.68. The maximum atomic E-state index is 13.0. The summed E-state index contributed by atoms with van der Waals surface area (Å²) in [5, 5.41) is 9.19. The van der Waals surface area contributed by atoms with Crippen LogP contribution in [0.3, 0.4) is 0 Å². The molecule has 0 saturated heterocycles. The highest BCUT2D eigenvalue weighted by atomic mass is 19.1. The van der Waals surface area contributed by atoms with Crippen LogP contribution >= 0.6 is 0 Å². The summed E-state index contributed by atoms with van der Waals surface area (Å²) in [5.74, 6) is 0.603. The van der Waals surface area contributed by atoms with Gasteiger partial charge in [0.2, 0.25) is 0 Å². The Morgan fingerprint density at radius 3 is 2.84 bits per heavy atom. The Hall–Kier alpha value is -1.87. The molecule has 1 atom stereocenters. The van der Waals surface area contributed by atoms with E-state index in [4.69, 9.17) is 4.74 Å². The van der Waals surface area contributed by atoms with Crippen LogP contribution in [0.5, 0.6) is 5.75 Å². The van der Waals surface area contributed by atoms with Gasteiger partial charge in [0.05, 0.1) is 13.2 Å². The monoisotopic (exact) mass is 258 g/mol. The van der Waals surface area contributed by atoms with Crippen molar-refractivity contribution in [1.82, 2.24) is 0 Å². The molecule has 2 nitrogen and oxygen atoms in total. The van der Waals surface area contributed by atoms with E-state index in [1.165, 1.54) is 23.3 Å². The van der Waals surface area contributed by atoms with Gasteiger partial charge in [0.15, 0.2) is 0 Å². The fraction of sp³-hybridized carbons (Fsp3) is 0.250. The van der Waals surface area contributed by atoms with Gasteiger partial charge in [0.1, 0.15) is 11.6 Å². The number of halogens is 1. The van der Waals surface area contributed by atoms with Crippen molar-refractivity contribution in [3.05, 3.63) is 65.0 Å². The second-order valence-corrected chi connectivity index (χ2v) is 4.82. The van der Waals surface area contributed by atoms with Crippen LogP contribution in [0, 0.1) is 5.82 Å². The van der Waals surface area contributed by atoms with Gasteiger partial charge in [-0.05, 0) is 35.7 Å². The molecule has 0 bridgehead atoms. The van der Waals surface area contributed by atoms with E-state index >= 15 is 0 Å². The zero-order chi connectivity index (χ0) is 13.2. The maximum Gasteiger partial charge on any atom is 0.125 e. The van der Waals surface area contributed by atoms with E-state index in [1.54, 1.807) is 6.07 Å². The Bertz CT molecular complexity index is 595. The molecular formula is C16H15FO2. The molecule has 0 heterocycles. The van der Waals surface area contributed by atoms with E-state index in [2.05, 4.69) is 12.1 Å². The summed E-state index contributed by atoms with van der Waals surface area (Å²) in [6, 6.07) is 12.5. The predicted molar refractivity (Wildman–Crippen MR) is 70.7 cm³/mol. The quantitative estimate of drug-likeness (QED) is 0.913. The third-order valence-corrected chi connectivity index (χ3v) is 3.59. The van der Waals surface area contributed by atoms with E-state index in [9.17, 15) is 9.50 Å². The first kappa shape index (κ1) is 12.2. The van der Waals surface area contributed by atoms with Crippen molar-refractivity contribution < 1.29 is 14.2 Å². The van der Waals surface area contributed by atoms with Gasteiger partial charge in [-0.1, -0.05) is 24.3 Å². The number of aliphatic hydroxyl groups is 1. The molecule has 0 aliphatic heterocycles. The normalized spacial score (nSPS) is 16.6. The minimum atomic E-state index is -0.356. The summed E-state index contributed by atoms with van der Waals surface area (Å²) in [5.41, 5.74) is 3.19. The predicted octanol–water partition coefficient (Wildman–Crippen LogP) is 3.04. The average Bonchev–Trinajstić information content (AvgIpc) is 2.41. The van der Waals surface area contributed by atoms with Crippen LogP contribution in [-0.4, -0.2) is 11.7 Å². The fourth-order valence-corrected chi connectivity index (χ4v) is 2.51. The molecule has 0 radical (unpaired) electrons. The molecule has 0 spiro atoms. The highest BCUT2D eigenvalue weighted by Gasteiger charge is 2.26. The van der Waals surface area contributed by atoms with Crippen molar-refractivity contribution in [3.63, 3.8) is 0 Å². The third kappa shape index (κ3) is 2.34. The molecule has 1 unspecified atom stereocenters. The Morgan fingerprint density at radius 2 is 2.05 bits per heavy atom. The first-order valence-electron chi connectivity index (χ1n) is 6.38. The molecule has 0 aromatic heterocycles. The lowest BCUT2D eigenvalue weighted by Crippen LogP contribution is -2.23. The van der Waals surface area contributed by atoms with Crippen molar-refractivity contribution >= 4 is 0 Å². The molecule has 3 heteroatoms. The molecule has 19 heavy (non-hydrogen) atoms. The minimum Gasteiger partial charge on any atom is -0.493 e. The molecule has 1 aliphatic carbocycles. The molecule has 3 rings (SSSR count). The van der Waals surface area contributed by atoms with Gasteiger partial charge in [-0.25, -0.2) is 4.39 Å². The summed E-state index contributed by atoms with van der Waals surface area (Å²) in [4.78, 5) is 0. The van der Waals surface area contributed by atoms with Crippen molar-refractivity contribution in [2.24, 2.45) is 0 Å². The highest BCUT2D eigenvalue weighted by Crippen LogP contribution is 2.35. The van der Waals surface area contributed by atoms with Gasteiger partial charge >= 0.3 is 0 Å². The van der Waals surface area contributed by atoms with Crippen LogP contribution in [0.25, 0.3) is 0 Å². The number of rotatable bonds is 4. The molecule has 0 amide bonds. The lowest BCUT2D eigenvalue weighted by atomic mass is 9.78. The van der Waals surface area contributed by atoms with Crippen molar-refractivity contribution in [2.45, 2.75) is 18.9 Å². The van der Waals surface area contributed by atoms with E-state index in [0.29, 0.717) is 23.8 Å². The molecule has 2 aromatic rings. The fourth-order valence-electron chi connectivity index (χ4n) is 2.51. The van der Waals surface area contributed by atoms with Crippen LogP contribution in [-0.2, 0) is 13.0 Å². The van der Waals surface area contributed by atoms with Crippen LogP contribution in [0.15, 0.2) is 42.5 Å². The van der Waals surface area contributed by atoms with E-state index in [1.807, 2.05) is 12.1 Å². The zero-order valence-electron chi connectivity index (χ0n) is 10.5. The lowest BCUT2D eigenvalue weighted by molar-refractivity contribution is 0.247. The summed E-state index contributed by atoms with van der Waals surface area (Å²) in [7, 11) is 0. The average molecular weight is 258 g/mol. The Kier molecular flexibility index (Phi) is 3.22. The lowest BCUT2D eigenvalue weighted by Gasteiger charge is -2.30. The number of hydrogen-bond acceptors (Lipinski definition) is 2. The smallest absolute Gasteiger partial charge is 0.125 e. The molecular weight excluding hydrogens is 243 g/mol. The van der Waals surface area contributed by atoms with Gasteiger partial charge in [-0.15, -0.1) is 0 Å². The van der Waals surface area contributed by atoms with Gasteiger partial charge in [-0.3, -0.25) is 0 Å². The molecule has 98 valence electrons. The largest absolute Gasteiger partial charge is 0.493 e. The number of ether oxygens (including phenoxy) is 1. The second-order valence-electron chi connectivity index (χ2n) is 4.82. The Labute approximate surface area is 111 Å². The molecule has 2 aromatic carbocycles. The SMILES string of the molecule is OCc1cc(F)ccc1OCC1Cc2ccccc21. The first-order chi connectivity index (χ1) is 9.28. The maximum absolute atomic E-state index is 13.0. The number of benzene rings is 2. The van der Waals surface area contributed by atoms with Crippen molar-refractivity contribution in [3.8, 4) is 5.75 Å². The van der Waals surface area contributed by atoms with Gasteiger partial charge < -0.3 is 9.84 Å². The molecule has 1 aliphatic rings. The number of fused-ring (bicyclic) bond motifs is 1. The molecule has 0 saturated carbocycles. The summed E-state index contributed by atoms with van der Waals surface area (Å²) >= 11 is 0. The minimum absolute atomic E-state index is 0.214. The van der Waals surface area contributed by atoms with E-state index in [-0.39, 0.29) is 12.4 Å². The Morgan fingerprint density at radius 1 is 1.21 bits per heavy atom.